The minimum atomic E-state index is -3.51. The Morgan fingerprint density at radius 3 is 2.75 bits per heavy atom. The summed E-state index contributed by atoms with van der Waals surface area (Å²) in [6.45, 7) is 3.50. The Hall–Kier alpha value is -3.02. The molecule has 0 bridgehead atoms. The van der Waals surface area contributed by atoms with E-state index in [4.69, 9.17) is 10.00 Å². The minimum absolute atomic E-state index is 0.0146. The molecule has 168 valence electrons. The molecule has 1 fully saturated rings. The monoisotopic (exact) mass is 453 g/mol. The van der Waals surface area contributed by atoms with Gasteiger partial charge in [-0.1, -0.05) is 12.2 Å². The highest BCUT2D eigenvalue weighted by molar-refractivity contribution is 7.92. The van der Waals surface area contributed by atoms with E-state index in [-0.39, 0.29) is 17.6 Å². The van der Waals surface area contributed by atoms with Gasteiger partial charge in [0.05, 0.1) is 29.1 Å². The highest BCUT2D eigenvalue weighted by Gasteiger charge is 2.35. The second-order valence-electron chi connectivity index (χ2n) is 8.07. The van der Waals surface area contributed by atoms with Crippen LogP contribution in [0.15, 0.2) is 42.5 Å². The molecule has 0 aromatic heterocycles. The predicted octanol–water partition coefficient (Wildman–Crippen LogP) is 3.19. The van der Waals surface area contributed by atoms with E-state index in [1.807, 2.05) is 24.3 Å². The first kappa shape index (κ1) is 22.2. The number of hydrogen-bond donors (Lipinski definition) is 2. The lowest BCUT2D eigenvalue weighted by Crippen LogP contribution is -2.37. The third kappa shape index (κ3) is 4.59. The van der Waals surface area contributed by atoms with Crippen LogP contribution >= 0.6 is 0 Å². The molecule has 4 rings (SSSR count). The van der Waals surface area contributed by atoms with E-state index in [0.29, 0.717) is 23.2 Å². The molecule has 2 aliphatic rings. The number of piperidine rings is 1. The van der Waals surface area contributed by atoms with Gasteiger partial charge in [0.1, 0.15) is 17.6 Å². The summed E-state index contributed by atoms with van der Waals surface area (Å²) in [6, 6.07) is 11.8. The molecule has 1 atom stereocenters. The second-order valence-corrected chi connectivity index (χ2v) is 10.2. The molecule has 2 N–H and O–H groups in total. The topological polar surface area (TPSA) is 103 Å². The molecule has 0 radical (unpaired) electrons. The molecule has 0 spiro atoms. The van der Waals surface area contributed by atoms with Crippen molar-refractivity contribution in [3.05, 3.63) is 59.2 Å². The fraction of sp³-hybridized carbons (Fsp3) is 0.375. The van der Waals surface area contributed by atoms with Crippen LogP contribution in [0.5, 0.6) is 11.5 Å². The normalized spacial score (nSPS) is 19.1. The van der Waals surface area contributed by atoms with Crippen LogP contribution in [0.2, 0.25) is 0 Å². The Morgan fingerprint density at radius 2 is 2.03 bits per heavy atom. The van der Waals surface area contributed by atoms with Gasteiger partial charge in [0.15, 0.2) is 0 Å². The molecular formula is C24H27N3O4S. The smallest absolute Gasteiger partial charge is 0.235 e. The number of phenolic OH excluding ortho intramolecular Hbond substituents is 1. The summed E-state index contributed by atoms with van der Waals surface area (Å²) in [6.07, 6.45) is 6.02. The van der Waals surface area contributed by atoms with Crippen LogP contribution in [-0.4, -0.2) is 44.5 Å². The van der Waals surface area contributed by atoms with Gasteiger partial charge in [0.25, 0.3) is 0 Å². The number of aromatic hydroxyl groups is 1. The van der Waals surface area contributed by atoms with Gasteiger partial charge in [0, 0.05) is 5.56 Å². The van der Waals surface area contributed by atoms with Crippen LogP contribution in [0.3, 0.4) is 0 Å². The van der Waals surface area contributed by atoms with Crippen molar-refractivity contribution in [1.82, 2.24) is 5.32 Å². The first-order chi connectivity index (χ1) is 15.4. The Balaban J connectivity index is 1.62. The molecule has 7 nitrogen and oxygen atoms in total. The molecule has 0 saturated carbocycles. The zero-order valence-electron chi connectivity index (χ0n) is 18.0. The van der Waals surface area contributed by atoms with Crippen LogP contribution in [0.4, 0.5) is 5.69 Å². The van der Waals surface area contributed by atoms with Gasteiger partial charge in [-0.15, -0.1) is 0 Å². The molecule has 1 saturated heterocycles. The van der Waals surface area contributed by atoms with Gasteiger partial charge in [0.2, 0.25) is 10.0 Å². The van der Waals surface area contributed by atoms with Crippen molar-refractivity contribution in [3.8, 4) is 17.6 Å². The number of ether oxygens (including phenoxy) is 1. The Kier molecular flexibility index (Phi) is 6.40. The molecule has 0 amide bonds. The van der Waals surface area contributed by atoms with E-state index in [9.17, 15) is 13.5 Å². The van der Waals surface area contributed by atoms with Crippen molar-refractivity contribution in [3.63, 3.8) is 0 Å². The maximum Gasteiger partial charge on any atom is 0.235 e. The molecule has 1 unspecified atom stereocenters. The highest BCUT2D eigenvalue weighted by atomic mass is 32.2. The van der Waals surface area contributed by atoms with Crippen LogP contribution in [0, 0.1) is 11.3 Å². The van der Waals surface area contributed by atoms with Crippen molar-refractivity contribution < 1.29 is 18.3 Å². The SMILES string of the molecule is CCS(=O)(=O)N1c2ccc(OC3CCNCC3)cc2CC1/C=C/c1cc(C#N)ccc1O. The third-order valence-corrected chi connectivity index (χ3v) is 7.72. The largest absolute Gasteiger partial charge is 0.507 e. The lowest BCUT2D eigenvalue weighted by molar-refractivity contribution is 0.162. The van der Waals surface area contributed by atoms with E-state index < -0.39 is 16.1 Å². The van der Waals surface area contributed by atoms with Crippen LogP contribution in [-0.2, 0) is 16.4 Å². The van der Waals surface area contributed by atoms with Gasteiger partial charge in [-0.2, -0.15) is 5.26 Å². The fourth-order valence-corrected chi connectivity index (χ4v) is 5.53. The quantitative estimate of drug-likeness (QED) is 0.696. The molecule has 2 heterocycles. The fourth-order valence-electron chi connectivity index (χ4n) is 4.22. The van der Waals surface area contributed by atoms with E-state index in [1.54, 1.807) is 25.1 Å². The maximum absolute atomic E-state index is 12.9. The van der Waals surface area contributed by atoms with E-state index >= 15 is 0 Å². The molecule has 8 heteroatoms. The van der Waals surface area contributed by atoms with Gasteiger partial charge in [-0.25, -0.2) is 8.42 Å². The summed E-state index contributed by atoms with van der Waals surface area (Å²) in [5, 5.41) is 22.6. The van der Waals surface area contributed by atoms with Crippen LogP contribution in [0.25, 0.3) is 6.08 Å². The number of nitrogens with one attached hydrogen (secondary N) is 1. The number of sulfonamides is 1. The number of anilines is 1. The molecule has 2 aliphatic heterocycles. The third-order valence-electron chi connectivity index (χ3n) is 5.93. The molecular weight excluding hydrogens is 426 g/mol. The summed E-state index contributed by atoms with van der Waals surface area (Å²) in [5.41, 5.74) is 2.48. The van der Waals surface area contributed by atoms with Crippen LogP contribution in [0.1, 0.15) is 36.5 Å². The van der Waals surface area contributed by atoms with Gasteiger partial charge in [-0.05, 0) is 81.2 Å². The molecule has 0 aliphatic carbocycles. The van der Waals surface area contributed by atoms with Crippen molar-refractivity contribution in [1.29, 1.82) is 5.26 Å². The lowest BCUT2D eigenvalue weighted by Gasteiger charge is -2.25. The van der Waals surface area contributed by atoms with E-state index in [2.05, 4.69) is 5.32 Å². The van der Waals surface area contributed by atoms with E-state index in [0.717, 1.165) is 37.2 Å². The summed E-state index contributed by atoms with van der Waals surface area (Å²) < 4.78 is 33.4. The summed E-state index contributed by atoms with van der Waals surface area (Å²) in [7, 11) is -3.51. The zero-order chi connectivity index (χ0) is 22.7. The van der Waals surface area contributed by atoms with Gasteiger partial charge >= 0.3 is 0 Å². The number of benzene rings is 2. The van der Waals surface area contributed by atoms with Crippen molar-refractivity contribution in [2.75, 3.05) is 23.1 Å². The van der Waals surface area contributed by atoms with Crippen molar-refractivity contribution >= 4 is 21.8 Å². The average Bonchev–Trinajstić information content (AvgIpc) is 3.17. The maximum atomic E-state index is 12.9. The number of nitriles is 1. The summed E-state index contributed by atoms with van der Waals surface area (Å²) in [4.78, 5) is 0. The number of nitrogens with zero attached hydrogens (tertiary/aromatic N) is 2. The number of hydrogen-bond acceptors (Lipinski definition) is 6. The van der Waals surface area contributed by atoms with Gasteiger partial charge < -0.3 is 15.2 Å². The number of phenols is 1. The Bertz CT molecular complexity index is 1160. The summed E-state index contributed by atoms with van der Waals surface area (Å²) in [5.74, 6) is 0.783. The standard InChI is InChI=1S/C24H27N3O4S/c1-2-32(29,30)27-20(5-4-18-13-17(16-25)3-8-24(18)28)14-19-15-22(6-7-23(19)27)31-21-9-11-26-12-10-21/h3-8,13,15,20-21,26,28H,2,9-12,14H2,1H3/b5-4+. The molecule has 2 aromatic carbocycles. The predicted molar refractivity (Wildman–Crippen MR) is 124 cm³/mol. The van der Waals surface area contributed by atoms with Gasteiger partial charge in [-0.3, -0.25) is 4.31 Å². The number of fused-ring (bicyclic) bond motifs is 1. The Labute approximate surface area is 189 Å². The minimum Gasteiger partial charge on any atom is -0.507 e. The lowest BCUT2D eigenvalue weighted by atomic mass is 10.1. The summed E-state index contributed by atoms with van der Waals surface area (Å²) >= 11 is 0. The first-order valence-electron chi connectivity index (χ1n) is 10.8. The molecule has 2 aromatic rings. The Morgan fingerprint density at radius 1 is 1.25 bits per heavy atom. The van der Waals surface area contributed by atoms with Crippen molar-refractivity contribution in [2.45, 2.75) is 38.3 Å². The van der Waals surface area contributed by atoms with Crippen molar-refractivity contribution in [2.24, 2.45) is 0 Å². The number of rotatable bonds is 6. The zero-order valence-corrected chi connectivity index (χ0v) is 18.8. The molecule has 32 heavy (non-hydrogen) atoms. The average molecular weight is 454 g/mol. The van der Waals surface area contributed by atoms with Crippen LogP contribution < -0.4 is 14.4 Å². The second kappa shape index (κ2) is 9.23. The van der Waals surface area contributed by atoms with E-state index in [1.165, 1.54) is 16.4 Å². The highest BCUT2D eigenvalue weighted by Crippen LogP contribution is 2.38. The first-order valence-corrected chi connectivity index (χ1v) is 12.5.